The summed E-state index contributed by atoms with van der Waals surface area (Å²) in [6, 6.07) is 5.26. The van der Waals surface area contributed by atoms with Gasteiger partial charge >= 0.3 is 0 Å². The highest BCUT2D eigenvalue weighted by molar-refractivity contribution is 7.85. The average Bonchev–Trinajstić information content (AvgIpc) is 2.67. The van der Waals surface area contributed by atoms with Crippen molar-refractivity contribution in [1.29, 1.82) is 0 Å². The molecule has 0 atom stereocenters. The van der Waals surface area contributed by atoms with Crippen LogP contribution >= 0.6 is 0 Å². The molecule has 0 spiro atoms. The molecule has 2 N–H and O–H groups in total. The van der Waals surface area contributed by atoms with Crippen molar-refractivity contribution in [3.8, 4) is 0 Å². The Kier molecular flexibility index (Phi) is 14.2. The Hall–Kier alpha value is -1.11. The van der Waals surface area contributed by atoms with Crippen LogP contribution in [-0.2, 0) is 10.1 Å². The van der Waals surface area contributed by atoms with Crippen LogP contribution < -0.4 is 5.73 Å². The van der Waals surface area contributed by atoms with E-state index in [1.54, 1.807) is 0 Å². The summed E-state index contributed by atoms with van der Waals surface area (Å²) in [5.74, 6) is 0. The zero-order valence-electron chi connectivity index (χ0n) is 18.5. The molecule has 0 aliphatic heterocycles. The number of unbranched alkanes of at least 4 members (excludes halogenated alkanes) is 4. The molecule has 0 aromatic heterocycles. The van der Waals surface area contributed by atoms with Crippen molar-refractivity contribution in [2.75, 3.05) is 31.9 Å². The largest absolute Gasteiger partial charge is 0.744 e. The smallest absolute Gasteiger partial charge is 0.124 e. The van der Waals surface area contributed by atoms with Crippen LogP contribution in [0.5, 0.6) is 0 Å². The first-order chi connectivity index (χ1) is 13.2. The predicted molar refractivity (Wildman–Crippen MR) is 118 cm³/mol. The predicted octanol–water partition coefficient (Wildman–Crippen LogP) is 5.18. The molecule has 0 saturated carbocycles. The monoisotopic (exact) mass is 414 g/mol. The Morgan fingerprint density at radius 2 is 1.21 bits per heavy atom. The summed E-state index contributed by atoms with van der Waals surface area (Å²) in [5, 5.41) is 0. The maximum absolute atomic E-state index is 10.4. The van der Waals surface area contributed by atoms with Crippen LogP contribution in [0.3, 0.4) is 0 Å². The molecular formula is C22H42N2O3S. The van der Waals surface area contributed by atoms with Crippen molar-refractivity contribution in [3.63, 3.8) is 0 Å². The molecule has 1 aromatic carbocycles. The van der Waals surface area contributed by atoms with Gasteiger partial charge in [0.2, 0.25) is 0 Å². The maximum atomic E-state index is 10.4. The van der Waals surface area contributed by atoms with E-state index in [9.17, 15) is 13.0 Å². The number of anilines is 1. The van der Waals surface area contributed by atoms with Crippen LogP contribution in [0.25, 0.3) is 0 Å². The number of nitrogens with zero attached hydrogens (tertiary/aromatic N) is 1. The van der Waals surface area contributed by atoms with Gasteiger partial charge in [0.25, 0.3) is 0 Å². The van der Waals surface area contributed by atoms with Crippen LogP contribution in [0.2, 0.25) is 0 Å². The first kappa shape index (κ1) is 26.9. The molecule has 0 radical (unpaired) electrons. The van der Waals surface area contributed by atoms with Crippen molar-refractivity contribution >= 4 is 15.8 Å². The lowest BCUT2D eigenvalue weighted by atomic mass is 10.1. The Bertz CT molecular complexity index is 580. The van der Waals surface area contributed by atoms with Gasteiger partial charge in [-0.3, -0.25) is 0 Å². The fourth-order valence-electron chi connectivity index (χ4n) is 3.31. The molecule has 0 saturated heterocycles. The second-order valence-corrected chi connectivity index (χ2v) is 9.06. The molecule has 164 valence electrons. The second-order valence-electron chi connectivity index (χ2n) is 7.68. The highest BCUT2D eigenvalue weighted by Crippen LogP contribution is 2.16. The summed E-state index contributed by atoms with van der Waals surface area (Å²) in [4.78, 5) is -0.294. The van der Waals surface area contributed by atoms with Gasteiger partial charge in [-0.05, 0) is 43.9 Å². The summed E-state index contributed by atoms with van der Waals surface area (Å²) in [5.41, 5.74) is 5.52. The second kappa shape index (κ2) is 14.8. The lowest BCUT2D eigenvalue weighted by molar-refractivity contribution is -0.929. The normalized spacial score (nSPS) is 11.8. The molecule has 1 aromatic rings. The van der Waals surface area contributed by atoms with Gasteiger partial charge in [0.1, 0.15) is 10.1 Å². The minimum absolute atomic E-state index is 0.266. The first-order valence-corrected chi connectivity index (χ1v) is 12.3. The van der Waals surface area contributed by atoms with E-state index in [1.807, 2.05) is 0 Å². The lowest BCUT2D eigenvalue weighted by Gasteiger charge is -2.39. The number of benzene rings is 1. The number of hydrogen-bond acceptors (Lipinski definition) is 4. The zero-order valence-corrected chi connectivity index (χ0v) is 19.3. The number of nitrogens with two attached hydrogens (primary N) is 1. The molecule has 0 bridgehead atoms. The number of quaternary nitrogens is 1. The lowest BCUT2D eigenvalue weighted by Crippen LogP contribution is -2.50. The van der Waals surface area contributed by atoms with Gasteiger partial charge in [-0.15, -0.1) is 0 Å². The van der Waals surface area contributed by atoms with Gasteiger partial charge in [-0.25, -0.2) is 8.42 Å². The minimum atomic E-state index is -4.36. The van der Waals surface area contributed by atoms with E-state index >= 15 is 0 Å². The van der Waals surface area contributed by atoms with Gasteiger partial charge in [0, 0.05) is 5.69 Å². The highest BCUT2D eigenvalue weighted by Gasteiger charge is 2.24. The molecule has 6 heteroatoms. The SMILES string of the molecule is CCCC[N+](CCCC)(CCCC)CCCC.Nc1cccc(S(=O)(=O)[O-])c1. The van der Waals surface area contributed by atoms with Crippen LogP contribution in [0.1, 0.15) is 79.1 Å². The fraction of sp³-hybridized carbons (Fsp3) is 0.727. The van der Waals surface area contributed by atoms with Gasteiger partial charge in [0.15, 0.2) is 0 Å². The van der Waals surface area contributed by atoms with Gasteiger partial charge in [-0.1, -0.05) is 59.4 Å². The van der Waals surface area contributed by atoms with Gasteiger partial charge in [-0.2, -0.15) is 0 Å². The minimum Gasteiger partial charge on any atom is -0.744 e. The summed E-state index contributed by atoms with van der Waals surface area (Å²) >= 11 is 0. The first-order valence-electron chi connectivity index (χ1n) is 10.9. The van der Waals surface area contributed by atoms with E-state index in [4.69, 9.17) is 5.73 Å². The van der Waals surface area contributed by atoms with Crippen LogP contribution in [0.15, 0.2) is 29.2 Å². The van der Waals surface area contributed by atoms with Crippen molar-refractivity contribution in [2.24, 2.45) is 0 Å². The van der Waals surface area contributed by atoms with E-state index in [0.29, 0.717) is 0 Å². The third kappa shape index (κ3) is 11.7. The van der Waals surface area contributed by atoms with E-state index in [2.05, 4.69) is 27.7 Å². The van der Waals surface area contributed by atoms with Crippen LogP contribution in [-0.4, -0.2) is 43.6 Å². The topological polar surface area (TPSA) is 83.2 Å². The molecule has 0 fully saturated rings. The number of nitrogen functional groups attached to an aromatic ring is 1. The molecule has 0 heterocycles. The van der Waals surface area contributed by atoms with Crippen LogP contribution in [0.4, 0.5) is 5.69 Å². The Balaban J connectivity index is 0.000000567. The third-order valence-corrected chi connectivity index (χ3v) is 5.92. The maximum Gasteiger partial charge on any atom is 0.124 e. The fourth-order valence-corrected chi connectivity index (χ4v) is 3.84. The Labute approximate surface area is 173 Å². The van der Waals surface area contributed by atoms with E-state index in [-0.39, 0.29) is 10.6 Å². The van der Waals surface area contributed by atoms with Gasteiger partial charge < -0.3 is 14.8 Å². The number of rotatable bonds is 13. The van der Waals surface area contributed by atoms with Crippen molar-refractivity contribution < 1.29 is 17.5 Å². The standard InChI is InChI=1S/C16H36N.C6H7NO3S/c1-5-9-13-17(14-10-6-2,15-11-7-3)16-12-8-4;7-5-2-1-3-6(4-5)11(8,9)10/h5-16H2,1-4H3;1-4H,7H2,(H,8,9,10)/q+1;/p-1. The van der Waals surface area contributed by atoms with Crippen molar-refractivity contribution in [2.45, 2.75) is 84.0 Å². The average molecular weight is 415 g/mol. The molecule has 0 amide bonds. The molecule has 1 rings (SSSR count). The zero-order chi connectivity index (χ0) is 21.5. The van der Waals surface area contributed by atoms with Crippen molar-refractivity contribution in [3.05, 3.63) is 24.3 Å². The van der Waals surface area contributed by atoms with Gasteiger partial charge in [0.05, 0.1) is 31.1 Å². The Morgan fingerprint density at radius 1 is 0.821 bits per heavy atom. The molecule has 0 aliphatic rings. The third-order valence-electron chi connectivity index (χ3n) is 5.09. The molecular weight excluding hydrogens is 372 g/mol. The molecule has 5 nitrogen and oxygen atoms in total. The Morgan fingerprint density at radius 3 is 1.46 bits per heavy atom. The summed E-state index contributed by atoms with van der Waals surface area (Å²) in [6.07, 6.45) is 11.1. The molecule has 0 unspecified atom stereocenters. The van der Waals surface area contributed by atoms with E-state index < -0.39 is 10.1 Å². The van der Waals surface area contributed by atoms with Crippen molar-refractivity contribution in [1.82, 2.24) is 0 Å². The molecule has 28 heavy (non-hydrogen) atoms. The van der Waals surface area contributed by atoms with E-state index in [1.165, 1.54) is 100 Å². The van der Waals surface area contributed by atoms with E-state index in [0.717, 1.165) is 6.07 Å². The summed E-state index contributed by atoms with van der Waals surface area (Å²) in [7, 11) is -4.36. The van der Waals surface area contributed by atoms with Crippen LogP contribution in [0, 0.1) is 0 Å². The number of hydrogen-bond donors (Lipinski definition) is 1. The highest BCUT2D eigenvalue weighted by atomic mass is 32.2. The summed E-state index contributed by atoms with van der Waals surface area (Å²) < 4.78 is 32.5. The summed E-state index contributed by atoms with van der Waals surface area (Å²) in [6.45, 7) is 15.0. The molecule has 0 aliphatic carbocycles. The quantitative estimate of drug-likeness (QED) is 0.274.